The first-order chi connectivity index (χ1) is 6.87. The van der Waals surface area contributed by atoms with E-state index in [2.05, 4.69) is 23.3 Å². The minimum absolute atomic E-state index is 0.122. The second-order valence-corrected chi connectivity index (χ2v) is 3.77. The standard InChI is InChI=1S/C11H16N2O/c1-2-12-7-11(8-14-9-11)10-5-3-4-6-13-10/h3-6,12H,2,7-9H2,1H3. The summed E-state index contributed by atoms with van der Waals surface area (Å²) in [5, 5.41) is 3.37. The molecule has 1 aliphatic rings. The quantitative estimate of drug-likeness (QED) is 0.771. The van der Waals surface area contributed by atoms with Crippen LogP contribution in [-0.2, 0) is 10.2 Å². The van der Waals surface area contributed by atoms with Crippen LogP contribution in [-0.4, -0.2) is 31.3 Å². The van der Waals surface area contributed by atoms with Crippen LogP contribution in [0.25, 0.3) is 0 Å². The van der Waals surface area contributed by atoms with Crippen molar-refractivity contribution in [3.05, 3.63) is 30.1 Å². The predicted molar refractivity (Wildman–Crippen MR) is 55.3 cm³/mol. The number of aromatic nitrogens is 1. The van der Waals surface area contributed by atoms with Crippen LogP contribution in [0.3, 0.4) is 0 Å². The van der Waals surface area contributed by atoms with Crippen molar-refractivity contribution < 1.29 is 4.74 Å². The van der Waals surface area contributed by atoms with E-state index >= 15 is 0 Å². The van der Waals surface area contributed by atoms with E-state index < -0.39 is 0 Å². The highest BCUT2D eigenvalue weighted by atomic mass is 16.5. The third-order valence-electron chi connectivity index (χ3n) is 2.68. The number of nitrogens with zero attached hydrogens (tertiary/aromatic N) is 1. The summed E-state index contributed by atoms with van der Waals surface area (Å²) in [6, 6.07) is 6.07. The Bertz CT molecular complexity index is 283. The molecule has 76 valence electrons. The molecular formula is C11H16N2O. The Hall–Kier alpha value is -0.930. The Kier molecular flexibility index (Phi) is 2.79. The molecule has 0 amide bonds. The Morgan fingerprint density at radius 2 is 2.36 bits per heavy atom. The maximum atomic E-state index is 5.31. The van der Waals surface area contributed by atoms with Crippen LogP contribution < -0.4 is 5.32 Å². The minimum Gasteiger partial charge on any atom is -0.379 e. The van der Waals surface area contributed by atoms with Gasteiger partial charge in [-0.2, -0.15) is 0 Å². The van der Waals surface area contributed by atoms with E-state index in [1.54, 1.807) is 0 Å². The molecule has 1 N–H and O–H groups in total. The van der Waals surface area contributed by atoms with Gasteiger partial charge in [-0.3, -0.25) is 4.98 Å². The Labute approximate surface area is 84.5 Å². The van der Waals surface area contributed by atoms with E-state index in [0.717, 1.165) is 32.0 Å². The third-order valence-corrected chi connectivity index (χ3v) is 2.68. The van der Waals surface area contributed by atoms with Gasteiger partial charge in [-0.25, -0.2) is 0 Å². The van der Waals surface area contributed by atoms with Crippen LogP contribution in [0.2, 0.25) is 0 Å². The molecule has 0 aliphatic carbocycles. The van der Waals surface area contributed by atoms with E-state index in [1.807, 2.05) is 18.3 Å². The second-order valence-electron chi connectivity index (χ2n) is 3.77. The molecule has 14 heavy (non-hydrogen) atoms. The van der Waals surface area contributed by atoms with Crippen molar-refractivity contribution in [2.24, 2.45) is 0 Å². The first-order valence-electron chi connectivity index (χ1n) is 5.07. The molecular weight excluding hydrogens is 176 g/mol. The summed E-state index contributed by atoms with van der Waals surface area (Å²) in [5.41, 5.74) is 1.27. The van der Waals surface area contributed by atoms with Gasteiger partial charge in [0.05, 0.1) is 24.3 Å². The van der Waals surface area contributed by atoms with E-state index in [-0.39, 0.29) is 5.41 Å². The smallest absolute Gasteiger partial charge is 0.0716 e. The highest BCUT2D eigenvalue weighted by molar-refractivity contribution is 5.21. The van der Waals surface area contributed by atoms with Gasteiger partial charge in [-0.1, -0.05) is 13.0 Å². The number of hydrogen-bond acceptors (Lipinski definition) is 3. The van der Waals surface area contributed by atoms with Crippen LogP contribution in [0.1, 0.15) is 12.6 Å². The number of nitrogens with one attached hydrogen (secondary N) is 1. The normalized spacial score (nSPS) is 18.9. The molecule has 0 spiro atoms. The number of ether oxygens (including phenoxy) is 1. The van der Waals surface area contributed by atoms with Crippen LogP contribution in [0.5, 0.6) is 0 Å². The van der Waals surface area contributed by atoms with Gasteiger partial charge >= 0.3 is 0 Å². The molecule has 3 nitrogen and oxygen atoms in total. The summed E-state index contributed by atoms with van der Waals surface area (Å²) >= 11 is 0. The number of rotatable bonds is 4. The summed E-state index contributed by atoms with van der Waals surface area (Å²) < 4.78 is 5.31. The maximum absolute atomic E-state index is 5.31. The molecule has 0 aromatic carbocycles. The van der Waals surface area contributed by atoms with Crippen molar-refractivity contribution in [1.82, 2.24) is 10.3 Å². The van der Waals surface area contributed by atoms with Gasteiger partial charge in [-0.05, 0) is 18.7 Å². The van der Waals surface area contributed by atoms with Crippen molar-refractivity contribution in [3.63, 3.8) is 0 Å². The fourth-order valence-electron chi connectivity index (χ4n) is 1.73. The summed E-state index contributed by atoms with van der Waals surface area (Å²) in [5.74, 6) is 0. The first-order valence-corrected chi connectivity index (χ1v) is 5.07. The van der Waals surface area contributed by atoms with E-state index in [0.29, 0.717) is 0 Å². The van der Waals surface area contributed by atoms with Gasteiger partial charge in [0, 0.05) is 12.7 Å². The van der Waals surface area contributed by atoms with Gasteiger partial charge in [0.15, 0.2) is 0 Å². The molecule has 2 heterocycles. The Morgan fingerprint density at radius 3 is 2.86 bits per heavy atom. The third kappa shape index (κ3) is 1.65. The zero-order valence-corrected chi connectivity index (χ0v) is 8.49. The largest absolute Gasteiger partial charge is 0.379 e. The van der Waals surface area contributed by atoms with Gasteiger partial charge in [0.2, 0.25) is 0 Å². The van der Waals surface area contributed by atoms with Crippen molar-refractivity contribution in [1.29, 1.82) is 0 Å². The van der Waals surface area contributed by atoms with E-state index in [9.17, 15) is 0 Å². The molecule has 0 atom stereocenters. The van der Waals surface area contributed by atoms with Crippen LogP contribution in [0, 0.1) is 0 Å². The molecule has 0 bridgehead atoms. The van der Waals surface area contributed by atoms with Gasteiger partial charge in [0.1, 0.15) is 0 Å². The zero-order chi connectivity index (χ0) is 9.86. The molecule has 1 aromatic heterocycles. The van der Waals surface area contributed by atoms with Gasteiger partial charge in [0.25, 0.3) is 0 Å². The minimum atomic E-state index is 0.122. The van der Waals surface area contributed by atoms with Crippen molar-refractivity contribution in [3.8, 4) is 0 Å². The molecule has 1 fully saturated rings. The molecule has 1 saturated heterocycles. The molecule has 0 radical (unpaired) electrons. The van der Waals surface area contributed by atoms with Crippen molar-refractivity contribution in [2.45, 2.75) is 12.3 Å². The maximum Gasteiger partial charge on any atom is 0.0716 e. The Balaban J connectivity index is 2.12. The highest BCUT2D eigenvalue weighted by Gasteiger charge is 2.40. The topological polar surface area (TPSA) is 34.2 Å². The van der Waals surface area contributed by atoms with Crippen LogP contribution in [0.4, 0.5) is 0 Å². The highest BCUT2D eigenvalue weighted by Crippen LogP contribution is 2.29. The van der Waals surface area contributed by atoms with E-state index in [4.69, 9.17) is 4.74 Å². The fraction of sp³-hybridized carbons (Fsp3) is 0.545. The summed E-state index contributed by atoms with van der Waals surface area (Å²) in [6.45, 7) is 5.65. The number of pyridine rings is 1. The molecule has 0 saturated carbocycles. The summed E-state index contributed by atoms with van der Waals surface area (Å²) in [4.78, 5) is 4.41. The molecule has 1 aromatic rings. The van der Waals surface area contributed by atoms with Crippen molar-refractivity contribution >= 4 is 0 Å². The molecule has 0 unspecified atom stereocenters. The van der Waals surface area contributed by atoms with Gasteiger partial charge in [-0.15, -0.1) is 0 Å². The molecule has 1 aliphatic heterocycles. The lowest BCUT2D eigenvalue weighted by molar-refractivity contribution is -0.0609. The predicted octanol–water partition coefficient (Wildman–Crippen LogP) is 0.959. The van der Waals surface area contributed by atoms with Gasteiger partial charge < -0.3 is 10.1 Å². The summed E-state index contributed by atoms with van der Waals surface area (Å²) in [7, 11) is 0. The van der Waals surface area contributed by atoms with E-state index in [1.165, 1.54) is 0 Å². The second kappa shape index (κ2) is 4.07. The SMILES string of the molecule is CCNCC1(c2ccccn2)COC1. The monoisotopic (exact) mass is 192 g/mol. The van der Waals surface area contributed by atoms with Crippen molar-refractivity contribution in [2.75, 3.05) is 26.3 Å². The van der Waals surface area contributed by atoms with Crippen LogP contribution >= 0.6 is 0 Å². The average Bonchev–Trinajstić information content (AvgIpc) is 2.18. The van der Waals surface area contributed by atoms with Crippen LogP contribution in [0.15, 0.2) is 24.4 Å². The molecule has 3 heteroatoms. The average molecular weight is 192 g/mol. The number of hydrogen-bond donors (Lipinski definition) is 1. The fourth-order valence-corrected chi connectivity index (χ4v) is 1.73. The lowest BCUT2D eigenvalue weighted by Gasteiger charge is -2.41. The number of likely N-dealkylation sites (N-methyl/N-ethyl adjacent to an activating group) is 1. The lowest BCUT2D eigenvalue weighted by atomic mass is 9.82. The zero-order valence-electron chi connectivity index (χ0n) is 8.49. The molecule has 2 rings (SSSR count). The summed E-state index contributed by atoms with van der Waals surface area (Å²) in [6.07, 6.45) is 1.85. The Morgan fingerprint density at radius 1 is 1.50 bits per heavy atom. The first kappa shape index (κ1) is 9.62. The lowest BCUT2D eigenvalue weighted by Crippen LogP contribution is -2.53.